The largest absolute Gasteiger partial charge is 0.510 e. The molecule has 12 aromatic rings. The fraction of sp³-hybridized carbons (Fsp3) is 0.189. The summed E-state index contributed by atoms with van der Waals surface area (Å²) in [6, 6.07) is 68.3. The molecule has 0 unspecified atom stereocenters. The van der Waals surface area contributed by atoms with Gasteiger partial charge in [0, 0.05) is 52.5 Å². The summed E-state index contributed by atoms with van der Waals surface area (Å²) in [5.74, 6) is 1.78. The quantitative estimate of drug-likeness (QED) is 0.123. The van der Waals surface area contributed by atoms with Crippen LogP contribution in [0.3, 0.4) is 0 Å². The molecule has 9 aromatic carbocycles. The molecule has 1 aliphatic rings. The van der Waals surface area contributed by atoms with Crippen molar-refractivity contribution in [3.8, 4) is 84.3 Å². The number of pyridine rings is 1. The summed E-state index contributed by atoms with van der Waals surface area (Å²) >= 11 is 0. The molecule has 0 N–H and O–H groups in total. The molecule has 0 atom stereocenters. The van der Waals surface area contributed by atoms with E-state index in [9.17, 15) is 0 Å². The van der Waals surface area contributed by atoms with Gasteiger partial charge in [0.15, 0.2) is 0 Å². The maximum absolute atomic E-state index is 8.86. The molecule has 13 rings (SSSR count). The van der Waals surface area contributed by atoms with Crippen molar-refractivity contribution in [2.75, 3.05) is 0 Å². The van der Waals surface area contributed by atoms with E-state index in [-0.39, 0.29) is 54.0 Å². The van der Waals surface area contributed by atoms with Gasteiger partial charge >= 0.3 is 0 Å². The van der Waals surface area contributed by atoms with E-state index >= 15 is 0 Å². The Kier molecular flexibility index (Phi) is 11.2. The topological polar surface area (TPSA) is 35.9 Å². The van der Waals surface area contributed by atoms with Crippen molar-refractivity contribution in [3.63, 3.8) is 0 Å². The van der Waals surface area contributed by atoms with Crippen molar-refractivity contribution in [3.05, 3.63) is 234 Å². The van der Waals surface area contributed by atoms with E-state index in [0.29, 0.717) is 22.7 Å². The van der Waals surface area contributed by atoms with E-state index in [0.717, 1.165) is 100.0 Å². The first-order valence-electron chi connectivity index (χ1n) is 30.1. The molecule has 6 heteroatoms. The number of aryl methyl sites for hydroxylation is 2. The number of nitrogens with zero attached hydrogens (tertiary/aromatic N) is 4. The van der Waals surface area contributed by atoms with Gasteiger partial charge in [0.2, 0.25) is 0 Å². The molecule has 1 aliphatic heterocycles. The molecule has 80 heavy (non-hydrogen) atoms. The Morgan fingerprint density at radius 1 is 0.487 bits per heavy atom. The van der Waals surface area contributed by atoms with Crippen LogP contribution < -0.4 is 9.30 Å². The van der Waals surface area contributed by atoms with Gasteiger partial charge in [0.1, 0.15) is 5.82 Å². The molecule has 0 radical (unpaired) electrons. The van der Waals surface area contributed by atoms with Crippen molar-refractivity contribution in [2.45, 2.75) is 92.3 Å². The zero-order chi connectivity index (χ0) is 59.7. The Balaban J connectivity index is 0.00000724. The number of imidazole rings is 1. The van der Waals surface area contributed by atoms with Crippen molar-refractivity contribution in [2.24, 2.45) is 0 Å². The molecule has 0 amide bonds. The Labute approximate surface area is 493 Å². The van der Waals surface area contributed by atoms with Crippen LogP contribution >= 0.6 is 0 Å². The minimum Gasteiger partial charge on any atom is -0.510 e. The molecule has 0 bridgehead atoms. The Bertz CT molecular complexity index is 4630. The molecule has 398 valence electrons. The van der Waals surface area contributed by atoms with Crippen LogP contribution in [0.5, 0.6) is 11.5 Å². The summed E-state index contributed by atoms with van der Waals surface area (Å²) in [5, 5.41) is 2.11. The van der Waals surface area contributed by atoms with E-state index in [1.54, 1.807) is 0 Å². The fourth-order valence-electron chi connectivity index (χ4n) is 11.5. The minimum absolute atomic E-state index is 0. The molecule has 4 heterocycles. The average Bonchev–Trinajstić information content (AvgIpc) is 2.47. The van der Waals surface area contributed by atoms with Gasteiger partial charge in [0.25, 0.3) is 6.33 Å². The van der Waals surface area contributed by atoms with Crippen LogP contribution in [-0.4, -0.2) is 14.1 Å². The van der Waals surface area contributed by atoms with E-state index in [1.807, 2.05) is 60.8 Å². The number of aromatic nitrogens is 4. The van der Waals surface area contributed by atoms with Crippen molar-refractivity contribution in [1.29, 1.82) is 0 Å². The Morgan fingerprint density at radius 3 is 1.77 bits per heavy atom. The monoisotopic (exact) mass is 1230 g/mol. The summed E-state index contributed by atoms with van der Waals surface area (Å²) in [6.07, 6.45) is 5.81. The van der Waals surface area contributed by atoms with E-state index in [2.05, 4.69) is 204 Å². The van der Waals surface area contributed by atoms with E-state index < -0.39 is 13.7 Å². The zero-order valence-corrected chi connectivity index (χ0v) is 48.7. The first kappa shape index (κ1) is 45.7. The molecule has 5 nitrogen and oxygen atoms in total. The Morgan fingerprint density at radius 2 is 1.10 bits per heavy atom. The first-order chi connectivity index (χ1) is 40.3. The summed E-state index contributed by atoms with van der Waals surface area (Å²) in [4.78, 5) is 4.90. The van der Waals surface area contributed by atoms with Crippen LogP contribution in [0.1, 0.15) is 98.4 Å². The molecule has 3 aromatic heterocycles. The maximum Gasteiger partial charge on any atom is 0.268 e. The number of hydrogen-bond donors (Lipinski definition) is 0. The van der Waals surface area contributed by atoms with Gasteiger partial charge in [-0.1, -0.05) is 183 Å². The van der Waals surface area contributed by atoms with Gasteiger partial charge in [-0.3, -0.25) is 4.57 Å². The third-order valence-corrected chi connectivity index (χ3v) is 15.7. The average molecular weight is 1230 g/mol. The predicted octanol–water partition coefficient (Wildman–Crippen LogP) is 18.7. The van der Waals surface area contributed by atoms with Gasteiger partial charge in [-0.25, -0.2) is 4.98 Å². The fourth-order valence-corrected chi connectivity index (χ4v) is 11.5. The molecule has 0 saturated carbocycles. The number of fused-ring (bicyclic) bond motifs is 10. The smallest absolute Gasteiger partial charge is 0.268 e. The number of para-hydroxylation sites is 1. The molecule has 0 fully saturated rings. The van der Waals surface area contributed by atoms with Gasteiger partial charge in [-0.05, 0) is 161 Å². The summed E-state index contributed by atoms with van der Waals surface area (Å²) in [7, 11) is 0. The van der Waals surface area contributed by atoms with E-state index in [1.165, 1.54) is 23.8 Å². The summed E-state index contributed by atoms with van der Waals surface area (Å²) < 4.78 is 66.4. The molecule has 0 aliphatic carbocycles. The number of hydrogen-bond acceptors (Lipinski definition) is 2. The second kappa shape index (κ2) is 19.6. The van der Waals surface area contributed by atoms with Crippen LogP contribution in [0.15, 0.2) is 188 Å². The number of benzene rings is 9. The zero-order valence-electron chi connectivity index (χ0n) is 52.4. The minimum atomic E-state index is -2.64. The summed E-state index contributed by atoms with van der Waals surface area (Å²) in [5.41, 5.74) is 15.7. The second-order valence-corrected chi connectivity index (χ2v) is 24.1. The second-order valence-electron chi connectivity index (χ2n) is 24.1. The molecular weight excluding hydrogens is 1160 g/mol. The third kappa shape index (κ3) is 9.01. The molecule has 0 spiro atoms. The van der Waals surface area contributed by atoms with Crippen LogP contribution in [0.4, 0.5) is 0 Å². The van der Waals surface area contributed by atoms with Crippen LogP contribution in [0.2, 0.25) is 0 Å². The SMILES string of the molecule is [2H]C([2H])([2H])c1cccc(C([2H])([2H])[2H])c1-c1cc(-c2ccc(C(C)(C)C)cc2)c2c(c1)-c1ccccc1-c1ccccc1-c1cc(C(C)(C)C)cc3c1[n+]-2[c-]n3-c1[c-]c(Oc2[c-]c3c(cc2)c2ccccc2n3-c2cc(C(C)(C)C)ccn2)ccc1.[Pt]. The Hall–Kier alpha value is -8.11. The summed E-state index contributed by atoms with van der Waals surface area (Å²) in [6.45, 7) is 14.6. The van der Waals surface area contributed by atoms with Crippen LogP contribution in [0.25, 0.3) is 106 Å². The number of rotatable bonds is 6. The van der Waals surface area contributed by atoms with Gasteiger partial charge in [-0.2, -0.15) is 18.2 Å². The predicted molar refractivity (Wildman–Crippen MR) is 326 cm³/mol. The third-order valence-electron chi connectivity index (χ3n) is 15.7. The van der Waals surface area contributed by atoms with Crippen molar-refractivity contribution in [1.82, 2.24) is 14.1 Å². The normalized spacial score (nSPS) is 13.8. The van der Waals surface area contributed by atoms with Gasteiger partial charge in [0.05, 0.1) is 16.7 Å². The van der Waals surface area contributed by atoms with E-state index in [4.69, 9.17) is 17.9 Å². The van der Waals surface area contributed by atoms with Crippen LogP contribution in [-0.2, 0) is 37.3 Å². The number of ether oxygens (including phenoxy) is 1. The standard InChI is InChI=1S/C74H64N4O.Pt/c1-46-20-18-21-47(2)69(46)49-38-62(48-30-32-50(33-31-48)72(3,4)5)70-63(39-49)58-26-14-12-24-56(58)57-25-13-15-27-59(57)64-40-52(74(9,10)11)41-67-71(64)77(70)45-76(67)53-22-19-23-54(43-53)79-55-34-35-61-60-28-16-17-29-65(60)78(66(61)44-55)68-42-51(36-37-75-68)73(6,7)8;/h12-42H,1-11H3;/q-2;/i1D3,2D3;. The molecule has 0 saturated heterocycles. The first-order valence-corrected chi connectivity index (χ1v) is 27.1. The van der Waals surface area contributed by atoms with Crippen molar-refractivity contribution < 1.29 is 38.6 Å². The maximum atomic E-state index is 8.86. The van der Waals surface area contributed by atoms with Gasteiger partial charge in [-0.15, -0.1) is 29.7 Å². The van der Waals surface area contributed by atoms with Gasteiger partial charge < -0.3 is 13.9 Å². The van der Waals surface area contributed by atoms with Crippen molar-refractivity contribution >= 4 is 32.8 Å². The molecular formula is C74H64N4OPt-2. The van der Waals surface area contributed by atoms with Crippen LogP contribution in [0, 0.1) is 32.2 Å².